The van der Waals surface area contributed by atoms with Gasteiger partial charge >= 0.3 is 6.36 Å². The summed E-state index contributed by atoms with van der Waals surface area (Å²) in [7, 11) is 0. The Balaban J connectivity index is 1.67. The number of rotatable bonds is 7. The summed E-state index contributed by atoms with van der Waals surface area (Å²) in [5.74, 6) is 0.126. The molecule has 30 heavy (non-hydrogen) atoms. The van der Waals surface area contributed by atoms with Crippen LogP contribution < -0.4 is 15.8 Å². The second-order valence-corrected chi connectivity index (χ2v) is 5.93. The molecule has 0 amide bonds. The van der Waals surface area contributed by atoms with Crippen LogP contribution in [0.4, 0.5) is 24.7 Å². The molecule has 154 valence electrons. The van der Waals surface area contributed by atoms with Gasteiger partial charge in [0, 0.05) is 42.1 Å². The Kier molecular flexibility index (Phi) is 6.58. The summed E-state index contributed by atoms with van der Waals surface area (Å²) >= 11 is 0. The Labute approximate surface area is 170 Å². The van der Waals surface area contributed by atoms with E-state index in [1.54, 1.807) is 24.7 Å². The molecule has 2 aromatic heterocycles. The van der Waals surface area contributed by atoms with Crippen LogP contribution in [-0.4, -0.2) is 27.5 Å². The van der Waals surface area contributed by atoms with Crippen LogP contribution in [0.15, 0.2) is 72.4 Å². The molecule has 0 aliphatic heterocycles. The summed E-state index contributed by atoms with van der Waals surface area (Å²) in [4.78, 5) is 16.6. The lowest BCUT2D eigenvalue weighted by atomic mass is 10.2. The molecular formula is C20H17F3N6O. The minimum Gasteiger partial charge on any atom is -0.406 e. The van der Waals surface area contributed by atoms with Crippen LogP contribution in [0.5, 0.6) is 5.75 Å². The van der Waals surface area contributed by atoms with Gasteiger partial charge < -0.3 is 15.8 Å². The van der Waals surface area contributed by atoms with Crippen molar-refractivity contribution in [1.29, 1.82) is 0 Å². The van der Waals surface area contributed by atoms with Gasteiger partial charge in [-0.25, -0.2) is 9.97 Å². The maximum atomic E-state index is 12.2. The first-order valence-electron chi connectivity index (χ1n) is 8.69. The van der Waals surface area contributed by atoms with Gasteiger partial charge in [0.05, 0.1) is 12.2 Å². The van der Waals surface area contributed by atoms with Crippen molar-refractivity contribution in [2.75, 3.05) is 5.32 Å². The number of allylic oxidation sites excluding steroid dienone is 1. The van der Waals surface area contributed by atoms with Crippen molar-refractivity contribution in [3.8, 4) is 5.75 Å². The van der Waals surface area contributed by atoms with E-state index in [2.05, 4.69) is 30.0 Å². The standard InChI is InChI=1S/C20H17F3N6O/c21-20(22,23)30-17-3-1-16(2-4-17)29-19-9-18(27-13-28-19)15(10-24)12-26-11-14-5-7-25-8-6-14/h1-10,12-13H,11,24H2,(H,27,28,29). The van der Waals surface area contributed by atoms with Gasteiger partial charge in [-0.1, -0.05) is 0 Å². The Morgan fingerprint density at radius 2 is 1.83 bits per heavy atom. The van der Waals surface area contributed by atoms with Gasteiger partial charge in [-0.2, -0.15) is 0 Å². The topological polar surface area (TPSA) is 98.3 Å². The monoisotopic (exact) mass is 414 g/mol. The van der Waals surface area contributed by atoms with E-state index in [-0.39, 0.29) is 5.75 Å². The number of halogens is 3. The van der Waals surface area contributed by atoms with Crippen molar-refractivity contribution in [3.63, 3.8) is 0 Å². The predicted molar refractivity (Wildman–Crippen MR) is 107 cm³/mol. The average Bonchev–Trinajstić information content (AvgIpc) is 2.73. The number of hydrogen-bond donors (Lipinski definition) is 2. The van der Waals surface area contributed by atoms with Gasteiger partial charge in [0.2, 0.25) is 0 Å². The first kappa shape index (κ1) is 20.8. The van der Waals surface area contributed by atoms with E-state index < -0.39 is 6.36 Å². The van der Waals surface area contributed by atoms with Crippen molar-refractivity contribution in [2.45, 2.75) is 12.9 Å². The van der Waals surface area contributed by atoms with E-state index in [9.17, 15) is 13.2 Å². The fourth-order valence-corrected chi connectivity index (χ4v) is 2.40. The van der Waals surface area contributed by atoms with Crippen molar-refractivity contribution in [1.82, 2.24) is 15.0 Å². The second kappa shape index (κ2) is 9.50. The van der Waals surface area contributed by atoms with E-state index in [4.69, 9.17) is 5.73 Å². The van der Waals surface area contributed by atoms with Gasteiger partial charge in [0.1, 0.15) is 17.9 Å². The Morgan fingerprint density at radius 1 is 1.10 bits per heavy atom. The molecule has 10 heteroatoms. The average molecular weight is 414 g/mol. The first-order chi connectivity index (χ1) is 14.4. The highest BCUT2D eigenvalue weighted by Crippen LogP contribution is 2.25. The van der Waals surface area contributed by atoms with Crippen LogP contribution in [-0.2, 0) is 6.54 Å². The zero-order valence-electron chi connectivity index (χ0n) is 15.5. The molecule has 3 rings (SSSR count). The third-order valence-corrected chi connectivity index (χ3v) is 3.76. The first-order valence-corrected chi connectivity index (χ1v) is 8.69. The lowest BCUT2D eigenvalue weighted by molar-refractivity contribution is -0.274. The quantitative estimate of drug-likeness (QED) is 0.565. The molecule has 2 heterocycles. The number of anilines is 2. The summed E-state index contributed by atoms with van der Waals surface area (Å²) < 4.78 is 40.6. The van der Waals surface area contributed by atoms with E-state index in [1.807, 2.05) is 12.1 Å². The molecule has 0 aliphatic carbocycles. The second-order valence-electron chi connectivity index (χ2n) is 5.93. The Hall–Kier alpha value is -3.95. The number of nitrogens with zero attached hydrogens (tertiary/aromatic N) is 4. The van der Waals surface area contributed by atoms with Crippen LogP contribution in [0.25, 0.3) is 5.57 Å². The highest BCUT2D eigenvalue weighted by atomic mass is 19.4. The van der Waals surface area contributed by atoms with Crippen LogP contribution in [0.3, 0.4) is 0 Å². The van der Waals surface area contributed by atoms with E-state index in [0.29, 0.717) is 29.3 Å². The molecule has 0 radical (unpaired) electrons. The molecule has 0 saturated heterocycles. The van der Waals surface area contributed by atoms with E-state index >= 15 is 0 Å². The third kappa shape index (κ3) is 6.30. The molecule has 3 N–H and O–H groups in total. The molecule has 0 fully saturated rings. The number of benzene rings is 1. The molecule has 0 atom stereocenters. The molecule has 0 saturated carbocycles. The molecule has 0 aliphatic rings. The number of aliphatic imine (C=N–C) groups is 1. The molecule has 0 unspecified atom stereocenters. The number of hydrogen-bond acceptors (Lipinski definition) is 7. The highest BCUT2D eigenvalue weighted by molar-refractivity contribution is 6.09. The van der Waals surface area contributed by atoms with Gasteiger partial charge in [-0.15, -0.1) is 13.2 Å². The van der Waals surface area contributed by atoms with Crippen LogP contribution in [0, 0.1) is 0 Å². The molecule has 1 aromatic carbocycles. The fourth-order valence-electron chi connectivity index (χ4n) is 2.40. The molecule has 0 bridgehead atoms. The van der Waals surface area contributed by atoms with Gasteiger partial charge in [0.15, 0.2) is 0 Å². The number of alkyl halides is 3. The van der Waals surface area contributed by atoms with Gasteiger partial charge in [-0.3, -0.25) is 9.98 Å². The van der Waals surface area contributed by atoms with Crippen molar-refractivity contribution in [2.24, 2.45) is 10.7 Å². The summed E-state index contributed by atoms with van der Waals surface area (Å²) in [6.07, 6.45) is 2.98. The van der Waals surface area contributed by atoms with Crippen molar-refractivity contribution >= 4 is 23.3 Å². The van der Waals surface area contributed by atoms with Gasteiger partial charge in [0.25, 0.3) is 0 Å². The number of nitrogens with two attached hydrogens (primary N) is 1. The number of ether oxygens (including phenoxy) is 1. The number of pyridine rings is 1. The maximum Gasteiger partial charge on any atom is 0.573 e. The molecule has 3 aromatic rings. The van der Waals surface area contributed by atoms with Crippen LogP contribution >= 0.6 is 0 Å². The smallest absolute Gasteiger partial charge is 0.406 e. The minimum atomic E-state index is -4.74. The van der Waals surface area contributed by atoms with Gasteiger partial charge in [-0.05, 0) is 42.0 Å². The summed E-state index contributed by atoms with van der Waals surface area (Å²) in [6, 6.07) is 10.7. The molecular weight excluding hydrogens is 397 g/mol. The maximum absolute atomic E-state index is 12.2. The van der Waals surface area contributed by atoms with Crippen molar-refractivity contribution < 1.29 is 17.9 Å². The molecule has 0 spiro atoms. The SMILES string of the molecule is NC=C(C=NCc1ccncc1)c1cc(Nc2ccc(OC(F)(F)F)cc2)ncn1. The third-order valence-electron chi connectivity index (χ3n) is 3.76. The molecule has 7 nitrogen and oxygen atoms in total. The zero-order valence-corrected chi connectivity index (χ0v) is 15.5. The lowest BCUT2D eigenvalue weighted by Gasteiger charge is -2.10. The lowest BCUT2D eigenvalue weighted by Crippen LogP contribution is -2.16. The summed E-state index contributed by atoms with van der Waals surface area (Å²) in [5, 5.41) is 2.99. The minimum absolute atomic E-state index is 0.310. The summed E-state index contributed by atoms with van der Waals surface area (Å²) in [6.45, 7) is 0.461. The van der Waals surface area contributed by atoms with Crippen molar-refractivity contribution in [3.05, 3.63) is 78.6 Å². The summed E-state index contributed by atoms with van der Waals surface area (Å²) in [5.41, 5.74) is 8.35. The Morgan fingerprint density at radius 3 is 2.50 bits per heavy atom. The zero-order chi connectivity index (χ0) is 21.4. The number of aromatic nitrogens is 3. The fraction of sp³-hybridized carbons (Fsp3) is 0.100. The normalized spacial score (nSPS) is 12.2. The van der Waals surface area contributed by atoms with Crippen LogP contribution in [0.2, 0.25) is 0 Å². The van der Waals surface area contributed by atoms with Crippen LogP contribution in [0.1, 0.15) is 11.3 Å². The predicted octanol–water partition coefficient (Wildman–Crippen LogP) is 4.08. The largest absolute Gasteiger partial charge is 0.573 e. The number of nitrogens with one attached hydrogen (secondary N) is 1. The Bertz CT molecular complexity index is 1020. The van der Waals surface area contributed by atoms with E-state index in [1.165, 1.54) is 36.8 Å². The highest BCUT2D eigenvalue weighted by Gasteiger charge is 2.30. The van der Waals surface area contributed by atoms with E-state index in [0.717, 1.165) is 5.56 Å².